The summed E-state index contributed by atoms with van der Waals surface area (Å²) in [6.45, 7) is 4.02. The first-order valence-corrected chi connectivity index (χ1v) is 6.61. The van der Waals surface area contributed by atoms with E-state index >= 15 is 0 Å². The lowest BCUT2D eigenvalue weighted by Gasteiger charge is -2.08. The maximum atomic E-state index is 10.8. The van der Waals surface area contributed by atoms with Crippen molar-refractivity contribution in [1.29, 1.82) is 0 Å². The quantitative estimate of drug-likeness (QED) is 0.643. The van der Waals surface area contributed by atoms with E-state index in [1.165, 1.54) is 0 Å². The van der Waals surface area contributed by atoms with E-state index in [4.69, 9.17) is 0 Å². The average Bonchev–Trinajstić information content (AvgIpc) is 2.46. The zero-order valence-corrected chi connectivity index (χ0v) is 11.6. The first kappa shape index (κ1) is 12.5. The van der Waals surface area contributed by atoms with Crippen LogP contribution in [0.5, 0.6) is 0 Å². The second kappa shape index (κ2) is 4.89. The van der Waals surface area contributed by atoms with Gasteiger partial charge in [0.25, 0.3) is 0 Å². The molecule has 0 aliphatic carbocycles. The summed E-state index contributed by atoms with van der Waals surface area (Å²) in [7, 11) is 0. The lowest BCUT2D eigenvalue weighted by atomic mass is 9.97. The summed E-state index contributed by atoms with van der Waals surface area (Å²) in [5.74, 6) is 0. The van der Waals surface area contributed by atoms with Crippen molar-refractivity contribution in [2.75, 3.05) is 0 Å². The fraction of sp³-hybridized carbons (Fsp3) is 0.111. The van der Waals surface area contributed by atoms with Crippen LogP contribution >= 0.6 is 0 Å². The number of carbonyl (C=O) groups excluding carboxylic acids is 1. The summed E-state index contributed by atoms with van der Waals surface area (Å²) in [5, 5.41) is 1.13. The normalized spacial score (nSPS) is 10.7. The Bertz CT molecular complexity index is 806. The molecule has 0 atom stereocenters. The SMILES string of the molecule is Cc1ccc2cc(-c3ccc(C=O)cc3C)ccc2n1. The first-order valence-electron chi connectivity index (χ1n) is 6.61. The van der Waals surface area contributed by atoms with Gasteiger partial charge in [-0.15, -0.1) is 0 Å². The Hall–Kier alpha value is -2.48. The minimum absolute atomic E-state index is 0.712. The van der Waals surface area contributed by atoms with Gasteiger partial charge in [0.05, 0.1) is 5.52 Å². The number of benzene rings is 2. The molecule has 2 nitrogen and oxygen atoms in total. The molecule has 0 radical (unpaired) electrons. The van der Waals surface area contributed by atoms with Crippen LogP contribution in [0.25, 0.3) is 22.0 Å². The molecule has 0 aliphatic rings. The Balaban J connectivity index is 2.14. The summed E-state index contributed by atoms with van der Waals surface area (Å²) in [4.78, 5) is 15.3. The Labute approximate surface area is 118 Å². The Morgan fingerprint density at radius 1 is 0.950 bits per heavy atom. The van der Waals surface area contributed by atoms with Crippen molar-refractivity contribution >= 4 is 17.2 Å². The van der Waals surface area contributed by atoms with Gasteiger partial charge >= 0.3 is 0 Å². The molecule has 0 spiro atoms. The molecule has 3 aromatic rings. The smallest absolute Gasteiger partial charge is 0.150 e. The molecule has 3 rings (SSSR count). The highest BCUT2D eigenvalue weighted by Gasteiger charge is 2.04. The number of aldehydes is 1. The Morgan fingerprint density at radius 3 is 2.55 bits per heavy atom. The predicted molar refractivity (Wildman–Crippen MR) is 82.0 cm³/mol. The van der Waals surface area contributed by atoms with E-state index in [1.807, 2.05) is 44.2 Å². The van der Waals surface area contributed by atoms with Crippen LogP contribution in [0.4, 0.5) is 0 Å². The maximum Gasteiger partial charge on any atom is 0.150 e. The lowest BCUT2D eigenvalue weighted by molar-refractivity contribution is 0.112. The van der Waals surface area contributed by atoms with E-state index in [-0.39, 0.29) is 0 Å². The van der Waals surface area contributed by atoms with E-state index in [0.717, 1.165) is 39.6 Å². The first-order chi connectivity index (χ1) is 9.67. The molecule has 0 bridgehead atoms. The summed E-state index contributed by atoms with van der Waals surface area (Å²) >= 11 is 0. The molecule has 2 heteroatoms. The fourth-order valence-electron chi connectivity index (χ4n) is 2.48. The Kier molecular flexibility index (Phi) is 3.07. The monoisotopic (exact) mass is 261 g/mol. The number of nitrogens with zero attached hydrogens (tertiary/aromatic N) is 1. The number of aryl methyl sites for hydroxylation is 2. The minimum Gasteiger partial charge on any atom is -0.298 e. The van der Waals surface area contributed by atoms with Crippen molar-refractivity contribution in [3.63, 3.8) is 0 Å². The van der Waals surface area contributed by atoms with Crippen molar-refractivity contribution in [2.45, 2.75) is 13.8 Å². The second-order valence-corrected chi connectivity index (χ2v) is 5.05. The van der Waals surface area contributed by atoms with E-state index in [2.05, 4.69) is 23.2 Å². The molecule has 1 heterocycles. The largest absolute Gasteiger partial charge is 0.298 e. The molecule has 0 unspecified atom stereocenters. The minimum atomic E-state index is 0.712. The van der Waals surface area contributed by atoms with Gasteiger partial charge in [-0.3, -0.25) is 9.78 Å². The van der Waals surface area contributed by atoms with Gasteiger partial charge in [0, 0.05) is 16.6 Å². The summed E-state index contributed by atoms with van der Waals surface area (Å²) in [6.07, 6.45) is 0.879. The Morgan fingerprint density at radius 2 is 1.80 bits per heavy atom. The van der Waals surface area contributed by atoms with Crippen LogP contribution < -0.4 is 0 Å². The molecule has 0 aliphatic heterocycles. The fourth-order valence-corrected chi connectivity index (χ4v) is 2.48. The number of fused-ring (bicyclic) bond motifs is 1. The van der Waals surface area contributed by atoms with Crippen LogP contribution in [0.15, 0.2) is 48.5 Å². The van der Waals surface area contributed by atoms with Gasteiger partial charge in [-0.05, 0) is 54.8 Å². The number of pyridine rings is 1. The molecular formula is C18H15NO. The number of hydrogen-bond donors (Lipinski definition) is 0. The second-order valence-electron chi connectivity index (χ2n) is 5.05. The van der Waals surface area contributed by atoms with Gasteiger partial charge < -0.3 is 0 Å². The number of hydrogen-bond acceptors (Lipinski definition) is 2. The van der Waals surface area contributed by atoms with Gasteiger partial charge in [-0.2, -0.15) is 0 Å². The van der Waals surface area contributed by atoms with Gasteiger partial charge in [-0.1, -0.05) is 24.3 Å². The summed E-state index contributed by atoms with van der Waals surface area (Å²) in [6, 6.07) is 16.2. The number of aromatic nitrogens is 1. The highest BCUT2D eigenvalue weighted by Crippen LogP contribution is 2.27. The van der Waals surface area contributed by atoms with Crippen molar-refractivity contribution in [3.8, 4) is 11.1 Å². The molecule has 1 aromatic heterocycles. The van der Waals surface area contributed by atoms with Crippen LogP contribution in [0, 0.1) is 13.8 Å². The molecule has 20 heavy (non-hydrogen) atoms. The third-order valence-electron chi connectivity index (χ3n) is 3.53. The van der Waals surface area contributed by atoms with Crippen LogP contribution in [-0.2, 0) is 0 Å². The van der Waals surface area contributed by atoms with E-state index < -0.39 is 0 Å². The molecule has 0 N–H and O–H groups in total. The number of rotatable bonds is 2. The molecule has 98 valence electrons. The van der Waals surface area contributed by atoms with Gasteiger partial charge in [0.1, 0.15) is 6.29 Å². The zero-order valence-electron chi connectivity index (χ0n) is 11.6. The van der Waals surface area contributed by atoms with E-state index in [0.29, 0.717) is 5.56 Å². The molecule has 2 aromatic carbocycles. The summed E-state index contributed by atoms with van der Waals surface area (Å²) in [5.41, 5.74) is 6.15. The lowest BCUT2D eigenvalue weighted by Crippen LogP contribution is -1.88. The molecule has 0 amide bonds. The van der Waals surface area contributed by atoms with Crippen LogP contribution in [0.1, 0.15) is 21.6 Å². The molecular weight excluding hydrogens is 246 g/mol. The van der Waals surface area contributed by atoms with Crippen molar-refractivity contribution in [1.82, 2.24) is 4.98 Å². The maximum absolute atomic E-state index is 10.8. The third-order valence-corrected chi connectivity index (χ3v) is 3.53. The standard InChI is InChI=1S/C18H15NO/c1-12-9-14(11-20)4-7-17(12)15-6-8-18-16(10-15)5-3-13(2)19-18/h3-11H,1-2H3. The topological polar surface area (TPSA) is 30.0 Å². The summed E-state index contributed by atoms with van der Waals surface area (Å²) < 4.78 is 0. The molecule has 0 fully saturated rings. The number of carbonyl (C=O) groups is 1. The van der Waals surface area contributed by atoms with Crippen molar-refractivity contribution in [3.05, 3.63) is 65.4 Å². The van der Waals surface area contributed by atoms with Crippen molar-refractivity contribution in [2.24, 2.45) is 0 Å². The third kappa shape index (κ3) is 2.21. The van der Waals surface area contributed by atoms with E-state index in [1.54, 1.807) is 0 Å². The van der Waals surface area contributed by atoms with Crippen LogP contribution in [0.2, 0.25) is 0 Å². The highest BCUT2D eigenvalue weighted by atomic mass is 16.1. The van der Waals surface area contributed by atoms with Crippen molar-refractivity contribution < 1.29 is 4.79 Å². The van der Waals surface area contributed by atoms with Gasteiger partial charge in [0.2, 0.25) is 0 Å². The predicted octanol–water partition coefficient (Wildman–Crippen LogP) is 4.33. The highest BCUT2D eigenvalue weighted by molar-refractivity contribution is 5.86. The molecule has 0 saturated heterocycles. The van der Waals surface area contributed by atoms with Gasteiger partial charge in [0.15, 0.2) is 0 Å². The van der Waals surface area contributed by atoms with Gasteiger partial charge in [-0.25, -0.2) is 0 Å². The van der Waals surface area contributed by atoms with E-state index in [9.17, 15) is 4.79 Å². The molecule has 0 saturated carbocycles. The average molecular weight is 261 g/mol. The van der Waals surface area contributed by atoms with Crippen LogP contribution in [-0.4, -0.2) is 11.3 Å². The van der Waals surface area contributed by atoms with Crippen LogP contribution in [0.3, 0.4) is 0 Å². The zero-order chi connectivity index (χ0) is 14.1.